The Bertz CT molecular complexity index is 935. The number of nitrogens with zero attached hydrogens (tertiary/aromatic N) is 3. The number of anilines is 2. The molecule has 0 saturated heterocycles. The predicted molar refractivity (Wildman–Crippen MR) is 95.4 cm³/mol. The molecule has 132 valence electrons. The van der Waals surface area contributed by atoms with Gasteiger partial charge in [-0.2, -0.15) is 5.10 Å². The van der Waals surface area contributed by atoms with Crippen molar-refractivity contribution < 1.29 is 14.0 Å². The van der Waals surface area contributed by atoms with E-state index >= 15 is 0 Å². The van der Waals surface area contributed by atoms with Crippen LogP contribution in [0.25, 0.3) is 5.82 Å². The lowest BCUT2D eigenvalue weighted by atomic mass is 10.1. The molecule has 7 heteroatoms. The summed E-state index contributed by atoms with van der Waals surface area (Å²) in [5, 5.41) is 7.25. The van der Waals surface area contributed by atoms with Crippen LogP contribution in [-0.2, 0) is 11.2 Å². The van der Waals surface area contributed by atoms with Crippen molar-refractivity contribution in [1.29, 1.82) is 0 Å². The maximum absolute atomic E-state index is 13.1. The maximum Gasteiger partial charge on any atom is 0.170 e. The van der Waals surface area contributed by atoms with Crippen molar-refractivity contribution in [2.24, 2.45) is 0 Å². The van der Waals surface area contributed by atoms with Crippen molar-refractivity contribution in [3.8, 4) is 5.82 Å². The summed E-state index contributed by atoms with van der Waals surface area (Å²) < 4.78 is 14.6. The summed E-state index contributed by atoms with van der Waals surface area (Å²) in [7, 11) is 0. The third-order valence-electron chi connectivity index (χ3n) is 3.72. The van der Waals surface area contributed by atoms with Crippen molar-refractivity contribution in [1.82, 2.24) is 14.8 Å². The molecule has 1 aromatic carbocycles. The molecular formula is C19H17FN4O2. The smallest absolute Gasteiger partial charge is 0.170 e. The number of aromatic nitrogens is 3. The molecule has 1 N–H and O–H groups in total. The van der Waals surface area contributed by atoms with E-state index in [4.69, 9.17) is 0 Å². The van der Waals surface area contributed by atoms with Crippen LogP contribution in [0.4, 0.5) is 15.9 Å². The minimum absolute atomic E-state index is 0.0961. The van der Waals surface area contributed by atoms with Crippen LogP contribution in [0.1, 0.15) is 29.4 Å². The fraction of sp³-hybridized carbons (Fsp3) is 0.158. The molecule has 2 aromatic heterocycles. The van der Waals surface area contributed by atoms with Crippen molar-refractivity contribution >= 4 is 23.6 Å². The predicted octanol–water partition coefficient (Wildman–Crippen LogP) is 3.48. The summed E-state index contributed by atoms with van der Waals surface area (Å²) >= 11 is 0. The maximum atomic E-state index is 13.1. The zero-order valence-electron chi connectivity index (χ0n) is 14.1. The van der Waals surface area contributed by atoms with E-state index in [9.17, 15) is 14.0 Å². The zero-order chi connectivity index (χ0) is 18.5. The molecule has 0 spiro atoms. The van der Waals surface area contributed by atoms with Crippen LogP contribution < -0.4 is 5.32 Å². The monoisotopic (exact) mass is 352 g/mol. The van der Waals surface area contributed by atoms with Crippen LogP contribution in [0.15, 0.2) is 48.7 Å². The number of ketones is 1. The largest absolute Gasteiger partial charge is 0.340 e. The van der Waals surface area contributed by atoms with Gasteiger partial charge < -0.3 is 10.1 Å². The Morgan fingerprint density at radius 1 is 1.23 bits per heavy atom. The first-order chi connectivity index (χ1) is 12.5. The van der Waals surface area contributed by atoms with Gasteiger partial charge in [0.25, 0.3) is 0 Å². The standard InChI is InChI=1S/C19H17FN4O2/c1-13(26)2-3-14-10-18(21-16-6-4-15(20)5-7-16)22-19(11-14)24-9-8-17(12-25)23-24/h4-12H,2-3H2,1H3,(H,21,22). The highest BCUT2D eigenvalue weighted by atomic mass is 19.1. The molecule has 0 aliphatic heterocycles. The van der Waals surface area contributed by atoms with Crippen LogP contribution in [0.5, 0.6) is 0 Å². The summed E-state index contributed by atoms with van der Waals surface area (Å²) in [6.45, 7) is 1.55. The second kappa shape index (κ2) is 7.69. The molecule has 0 aliphatic rings. The lowest BCUT2D eigenvalue weighted by molar-refractivity contribution is -0.116. The van der Waals surface area contributed by atoms with Crippen molar-refractivity contribution in [2.75, 3.05) is 5.32 Å². The third-order valence-corrected chi connectivity index (χ3v) is 3.72. The van der Waals surface area contributed by atoms with E-state index in [1.807, 2.05) is 12.1 Å². The second-order valence-electron chi connectivity index (χ2n) is 5.86. The fourth-order valence-electron chi connectivity index (χ4n) is 2.43. The first kappa shape index (κ1) is 17.5. The van der Waals surface area contributed by atoms with Gasteiger partial charge in [0, 0.05) is 18.3 Å². The van der Waals surface area contributed by atoms with Crippen LogP contribution in [0, 0.1) is 5.82 Å². The van der Waals surface area contributed by atoms with Gasteiger partial charge in [0.1, 0.15) is 23.1 Å². The van der Waals surface area contributed by atoms with E-state index in [0.717, 1.165) is 5.56 Å². The first-order valence-corrected chi connectivity index (χ1v) is 8.08. The van der Waals surface area contributed by atoms with E-state index in [-0.39, 0.29) is 11.6 Å². The summed E-state index contributed by atoms with van der Waals surface area (Å²) in [4.78, 5) is 26.6. The highest BCUT2D eigenvalue weighted by molar-refractivity contribution is 5.75. The highest BCUT2D eigenvalue weighted by Crippen LogP contribution is 2.20. The zero-order valence-corrected chi connectivity index (χ0v) is 14.1. The molecule has 6 nitrogen and oxygen atoms in total. The molecule has 0 aliphatic carbocycles. The number of hydrogen-bond acceptors (Lipinski definition) is 5. The van der Waals surface area contributed by atoms with E-state index < -0.39 is 0 Å². The lowest BCUT2D eigenvalue weighted by Crippen LogP contribution is -2.05. The number of hydrogen-bond donors (Lipinski definition) is 1. The number of nitrogens with one attached hydrogen (secondary N) is 1. The Hall–Kier alpha value is -3.35. The number of rotatable bonds is 7. The van der Waals surface area contributed by atoms with Gasteiger partial charge in [0.2, 0.25) is 0 Å². The van der Waals surface area contributed by atoms with Gasteiger partial charge in [-0.1, -0.05) is 0 Å². The summed E-state index contributed by atoms with van der Waals surface area (Å²) in [6, 6.07) is 11.2. The number of carbonyl (C=O) groups is 2. The molecule has 0 unspecified atom stereocenters. The number of pyridine rings is 1. The van der Waals surface area contributed by atoms with Crippen LogP contribution in [0.2, 0.25) is 0 Å². The van der Waals surface area contributed by atoms with E-state index in [1.165, 1.54) is 16.8 Å². The number of halogens is 1. The number of aldehydes is 1. The summed E-state index contributed by atoms with van der Waals surface area (Å²) in [5.74, 6) is 0.829. The molecule has 0 atom stereocenters. The molecule has 0 amide bonds. The molecule has 3 aromatic rings. The fourth-order valence-corrected chi connectivity index (χ4v) is 2.43. The minimum Gasteiger partial charge on any atom is -0.340 e. The van der Waals surface area contributed by atoms with Crippen LogP contribution in [-0.4, -0.2) is 26.8 Å². The minimum atomic E-state index is -0.322. The molecule has 26 heavy (non-hydrogen) atoms. The molecule has 0 bridgehead atoms. The van der Waals surface area contributed by atoms with Crippen LogP contribution in [0.3, 0.4) is 0 Å². The Morgan fingerprint density at radius 3 is 2.65 bits per heavy atom. The molecule has 0 radical (unpaired) electrons. The number of aryl methyl sites for hydroxylation is 1. The normalized spacial score (nSPS) is 10.5. The molecule has 0 fully saturated rings. The van der Waals surface area contributed by atoms with Gasteiger partial charge in [-0.25, -0.2) is 14.1 Å². The Morgan fingerprint density at radius 2 is 2.00 bits per heavy atom. The van der Waals surface area contributed by atoms with E-state index in [1.54, 1.807) is 31.3 Å². The SMILES string of the molecule is CC(=O)CCc1cc(Nc2ccc(F)cc2)nc(-n2ccc(C=O)n2)c1. The Labute approximate surface area is 149 Å². The summed E-state index contributed by atoms with van der Waals surface area (Å²) in [6.07, 6.45) is 3.28. The number of Topliss-reactive ketones (excluding diaryl/α,β-unsaturated/α-hetero) is 1. The van der Waals surface area contributed by atoms with Gasteiger partial charge in [0.15, 0.2) is 12.1 Å². The van der Waals surface area contributed by atoms with E-state index in [0.29, 0.717) is 42.1 Å². The third kappa shape index (κ3) is 4.38. The van der Waals surface area contributed by atoms with Gasteiger partial charge >= 0.3 is 0 Å². The average Bonchev–Trinajstić information content (AvgIpc) is 3.11. The van der Waals surface area contributed by atoms with E-state index in [2.05, 4.69) is 15.4 Å². The van der Waals surface area contributed by atoms with Gasteiger partial charge in [0.05, 0.1) is 0 Å². The lowest BCUT2D eigenvalue weighted by Gasteiger charge is -2.11. The second-order valence-corrected chi connectivity index (χ2v) is 5.86. The Balaban J connectivity index is 1.94. The molecular weight excluding hydrogens is 335 g/mol. The molecule has 2 heterocycles. The van der Waals surface area contributed by atoms with Crippen molar-refractivity contribution in [2.45, 2.75) is 19.8 Å². The average molecular weight is 352 g/mol. The number of benzene rings is 1. The molecule has 0 saturated carbocycles. The van der Waals surface area contributed by atoms with Gasteiger partial charge in [-0.05, 0) is 61.4 Å². The summed E-state index contributed by atoms with van der Waals surface area (Å²) in [5.41, 5.74) is 1.88. The van der Waals surface area contributed by atoms with Crippen molar-refractivity contribution in [3.05, 3.63) is 65.7 Å². The molecule has 3 rings (SSSR count). The topological polar surface area (TPSA) is 76.9 Å². The highest BCUT2D eigenvalue weighted by Gasteiger charge is 2.08. The Kier molecular flexibility index (Phi) is 5.17. The first-order valence-electron chi connectivity index (χ1n) is 8.08. The van der Waals surface area contributed by atoms with Crippen molar-refractivity contribution in [3.63, 3.8) is 0 Å². The number of carbonyl (C=O) groups excluding carboxylic acids is 2. The van der Waals surface area contributed by atoms with Gasteiger partial charge in [-0.15, -0.1) is 0 Å². The van der Waals surface area contributed by atoms with Crippen LogP contribution >= 0.6 is 0 Å². The van der Waals surface area contributed by atoms with Gasteiger partial charge in [-0.3, -0.25) is 4.79 Å². The quantitative estimate of drug-likeness (QED) is 0.659.